The first-order valence-electron chi connectivity index (χ1n) is 9.29. The van der Waals surface area contributed by atoms with E-state index in [-0.39, 0.29) is 12.4 Å². The minimum atomic E-state index is -0.0836. The fourth-order valence-electron chi connectivity index (χ4n) is 3.56. The summed E-state index contributed by atoms with van der Waals surface area (Å²) >= 11 is 0. The molecule has 2 saturated heterocycles. The molecule has 1 aromatic rings. The van der Waals surface area contributed by atoms with E-state index in [0.29, 0.717) is 18.4 Å². The number of methoxy groups -OCH3 is 1. The van der Waals surface area contributed by atoms with Crippen molar-refractivity contribution in [1.82, 2.24) is 0 Å². The van der Waals surface area contributed by atoms with Crippen molar-refractivity contribution in [2.45, 2.75) is 51.4 Å². The Morgan fingerprint density at radius 3 is 2.33 bits per heavy atom. The third-order valence-electron chi connectivity index (χ3n) is 5.14. The molecule has 2 atom stereocenters. The fraction of sp³-hybridized carbons (Fsp3) is 0.700. The van der Waals surface area contributed by atoms with Crippen LogP contribution in [0, 0.1) is 11.8 Å². The smallest absolute Gasteiger partial charge is 0.162 e. The first kappa shape index (κ1) is 17.7. The van der Waals surface area contributed by atoms with Gasteiger partial charge in [0, 0.05) is 11.8 Å². The number of hydrogen-bond acceptors (Lipinski definition) is 4. The van der Waals surface area contributed by atoms with E-state index in [4.69, 9.17) is 18.9 Å². The molecule has 3 rings (SSSR count). The van der Waals surface area contributed by atoms with E-state index >= 15 is 0 Å². The Hall–Kier alpha value is -1.10. The molecule has 2 aliphatic heterocycles. The van der Waals surface area contributed by atoms with Gasteiger partial charge in [0.25, 0.3) is 0 Å². The lowest BCUT2D eigenvalue weighted by Gasteiger charge is -2.37. The summed E-state index contributed by atoms with van der Waals surface area (Å²) in [6, 6.07) is 8.18. The first-order chi connectivity index (χ1) is 11.8. The molecular weight excluding hydrogens is 304 g/mol. The van der Waals surface area contributed by atoms with Crippen LogP contribution in [0.2, 0.25) is 0 Å². The molecule has 4 nitrogen and oxygen atoms in total. The van der Waals surface area contributed by atoms with Gasteiger partial charge in [-0.25, -0.2) is 0 Å². The number of benzene rings is 1. The molecule has 2 heterocycles. The van der Waals surface area contributed by atoms with E-state index in [0.717, 1.165) is 31.8 Å². The summed E-state index contributed by atoms with van der Waals surface area (Å²) in [5.41, 5.74) is 1.22. The molecule has 2 aliphatic rings. The maximum absolute atomic E-state index is 6.09. The second-order valence-corrected chi connectivity index (χ2v) is 6.98. The Kier molecular flexibility index (Phi) is 6.52. The lowest BCUT2D eigenvalue weighted by molar-refractivity contribution is -0.241. The molecule has 0 spiro atoms. The summed E-state index contributed by atoms with van der Waals surface area (Å²) in [5, 5.41) is 0. The molecule has 0 N–H and O–H groups in total. The highest BCUT2D eigenvalue weighted by atomic mass is 16.7. The topological polar surface area (TPSA) is 36.9 Å². The zero-order chi connectivity index (χ0) is 16.8. The van der Waals surface area contributed by atoms with Gasteiger partial charge in [-0.05, 0) is 37.0 Å². The number of ether oxygens (including phenoxy) is 4. The van der Waals surface area contributed by atoms with E-state index in [1.165, 1.54) is 24.8 Å². The summed E-state index contributed by atoms with van der Waals surface area (Å²) in [7, 11) is 1.69. The van der Waals surface area contributed by atoms with Gasteiger partial charge in [-0.1, -0.05) is 31.9 Å². The Bertz CT molecular complexity index is 471. The van der Waals surface area contributed by atoms with Crippen molar-refractivity contribution in [1.29, 1.82) is 0 Å². The quantitative estimate of drug-likeness (QED) is 0.775. The third kappa shape index (κ3) is 4.50. The average molecular weight is 334 g/mol. The van der Waals surface area contributed by atoms with Crippen molar-refractivity contribution in [3.63, 3.8) is 0 Å². The standard InChI is InChI=1S/C20H30O4/c1-3-4-5-15-12-23-20(24-13-15)17-8-11-19(22-14-17)16-6-9-18(21-2)10-7-16/h6-7,9-10,15,17,19-20H,3-5,8,11-14H2,1-2H3. The minimum absolute atomic E-state index is 0.0836. The summed E-state index contributed by atoms with van der Waals surface area (Å²) in [6.07, 6.45) is 5.90. The van der Waals surface area contributed by atoms with Gasteiger partial charge >= 0.3 is 0 Å². The van der Waals surface area contributed by atoms with Gasteiger partial charge in [0.15, 0.2) is 6.29 Å². The highest BCUT2D eigenvalue weighted by molar-refractivity contribution is 5.28. The summed E-state index contributed by atoms with van der Waals surface area (Å²) < 4.78 is 23.3. The molecule has 0 bridgehead atoms. The molecule has 2 fully saturated rings. The first-order valence-corrected chi connectivity index (χ1v) is 9.29. The van der Waals surface area contributed by atoms with Crippen molar-refractivity contribution >= 4 is 0 Å². The van der Waals surface area contributed by atoms with Gasteiger partial charge < -0.3 is 18.9 Å². The monoisotopic (exact) mass is 334 g/mol. The Morgan fingerprint density at radius 2 is 1.75 bits per heavy atom. The van der Waals surface area contributed by atoms with Crippen molar-refractivity contribution in [2.24, 2.45) is 11.8 Å². The van der Waals surface area contributed by atoms with E-state index < -0.39 is 0 Å². The van der Waals surface area contributed by atoms with Crippen LogP contribution in [0.15, 0.2) is 24.3 Å². The molecule has 24 heavy (non-hydrogen) atoms. The number of rotatable bonds is 6. The van der Waals surface area contributed by atoms with Crippen LogP contribution in [-0.4, -0.2) is 33.2 Å². The molecule has 0 radical (unpaired) electrons. The van der Waals surface area contributed by atoms with E-state index in [9.17, 15) is 0 Å². The van der Waals surface area contributed by atoms with Gasteiger partial charge in [0.2, 0.25) is 0 Å². The molecule has 0 saturated carbocycles. The maximum atomic E-state index is 6.09. The zero-order valence-electron chi connectivity index (χ0n) is 14.9. The predicted molar refractivity (Wildman–Crippen MR) is 93.1 cm³/mol. The van der Waals surface area contributed by atoms with Crippen molar-refractivity contribution in [3.05, 3.63) is 29.8 Å². The van der Waals surface area contributed by atoms with Gasteiger partial charge in [0.05, 0.1) is 33.0 Å². The molecule has 0 amide bonds. The predicted octanol–water partition coefficient (Wildman–Crippen LogP) is 4.34. The van der Waals surface area contributed by atoms with Gasteiger partial charge in [-0.2, -0.15) is 0 Å². The second kappa shape index (κ2) is 8.84. The lowest BCUT2D eigenvalue weighted by atomic mass is 9.93. The molecule has 0 aromatic heterocycles. The van der Waals surface area contributed by atoms with Crippen molar-refractivity contribution in [3.8, 4) is 5.75 Å². The van der Waals surface area contributed by atoms with Crippen LogP contribution in [0.5, 0.6) is 5.75 Å². The van der Waals surface area contributed by atoms with Crippen LogP contribution >= 0.6 is 0 Å². The Labute approximate surface area is 145 Å². The van der Waals surface area contributed by atoms with Gasteiger partial charge in [-0.3, -0.25) is 0 Å². The van der Waals surface area contributed by atoms with Crippen LogP contribution in [-0.2, 0) is 14.2 Å². The molecule has 0 aliphatic carbocycles. The number of unbranched alkanes of at least 4 members (excludes halogenated alkanes) is 1. The summed E-state index contributed by atoms with van der Waals surface area (Å²) in [4.78, 5) is 0. The molecule has 4 heteroatoms. The second-order valence-electron chi connectivity index (χ2n) is 6.98. The van der Waals surface area contributed by atoms with Gasteiger partial charge in [-0.15, -0.1) is 0 Å². The van der Waals surface area contributed by atoms with Crippen LogP contribution in [0.4, 0.5) is 0 Å². The third-order valence-corrected chi connectivity index (χ3v) is 5.14. The molecular formula is C20H30O4. The SMILES string of the molecule is CCCCC1COC(C2CCC(c3ccc(OC)cc3)OC2)OC1. The number of hydrogen-bond donors (Lipinski definition) is 0. The largest absolute Gasteiger partial charge is 0.497 e. The highest BCUT2D eigenvalue weighted by Gasteiger charge is 2.33. The van der Waals surface area contributed by atoms with E-state index in [1.807, 2.05) is 12.1 Å². The summed E-state index contributed by atoms with van der Waals surface area (Å²) in [5.74, 6) is 1.80. The molecule has 2 unspecified atom stereocenters. The molecule has 134 valence electrons. The van der Waals surface area contributed by atoms with E-state index in [2.05, 4.69) is 19.1 Å². The zero-order valence-corrected chi connectivity index (χ0v) is 14.9. The van der Waals surface area contributed by atoms with Crippen LogP contribution in [0.25, 0.3) is 0 Å². The van der Waals surface area contributed by atoms with Crippen LogP contribution in [0.3, 0.4) is 0 Å². The summed E-state index contributed by atoms with van der Waals surface area (Å²) in [6.45, 7) is 4.61. The minimum Gasteiger partial charge on any atom is -0.497 e. The highest BCUT2D eigenvalue weighted by Crippen LogP contribution is 2.34. The average Bonchev–Trinajstić information content (AvgIpc) is 2.67. The van der Waals surface area contributed by atoms with Crippen LogP contribution in [0.1, 0.15) is 50.7 Å². The molecule has 1 aromatic carbocycles. The maximum Gasteiger partial charge on any atom is 0.162 e. The Morgan fingerprint density at radius 1 is 1.00 bits per heavy atom. The van der Waals surface area contributed by atoms with Crippen LogP contribution < -0.4 is 4.74 Å². The fourth-order valence-corrected chi connectivity index (χ4v) is 3.56. The van der Waals surface area contributed by atoms with Gasteiger partial charge in [0.1, 0.15) is 5.75 Å². The normalized spacial score (nSPS) is 30.9. The lowest BCUT2D eigenvalue weighted by Crippen LogP contribution is -2.40. The van der Waals surface area contributed by atoms with Crippen molar-refractivity contribution < 1.29 is 18.9 Å². The van der Waals surface area contributed by atoms with Crippen molar-refractivity contribution in [2.75, 3.05) is 26.9 Å². The van der Waals surface area contributed by atoms with E-state index in [1.54, 1.807) is 7.11 Å². The Balaban J connectivity index is 1.43.